The van der Waals surface area contributed by atoms with Gasteiger partial charge in [-0.2, -0.15) is 0 Å². The van der Waals surface area contributed by atoms with Crippen LogP contribution in [0.3, 0.4) is 0 Å². The van der Waals surface area contributed by atoms with Gasteiger partial charge in [-0.15, -0.1) is 0 Å². The van der Waals surface area contributed by atoms with Crippen LogP contribution >= 0.6 is 15.9 Å². The van der Waals surface area contributed by atoms with Crippen molar-refractivity contribution in [2.45, 2.75) is 12.8 Å². The largest absolute Gasteiger partial charge is 0.372 e. The Morgan fingerprint density at radius 2 is 1.85 bits per heavy atom. The molecule has 1 heterocycles. The third-order valence-corrected chi connectivity index (χ3v) is 5.39. The second-order valence-electron chi connectivity index (χ2n) is 7.32. The number of carbonyl (C=O) groups is 1. The van der Waals surface area contributed by atoms with Crippen LogP contribution in [0, 0.1) is 11.7 Å². The highest BCUT2D eigenvalue weighted by molar-refractivity contribution is 9.10. The fourth-order valence-corrected chi connectivity index (χ4v) is 3.88. The second kappa shape index (κ2) is 8.85. The molecule has 0 unspecified atom stereocenters. The summed E-state index contributed by atoms with van der Waals surface area (Å²) in [6, 6.07) is 12.1. The van der Waals surface area contributed by atoms with E-state index in [1.165, 1.54) is 25.0 Å². The number of carbonyl (C=O) groups excluding carboxylic acids is 1. The fraction of sp³-hybridized carbons (Fsp3) is 0.381. The Balaban J connectivity index is 1.59. The average Bonchev–Trinajstić information content (AvgIpc) is 2.64. The number of nitrogens with one attached hydrogen (secondary N) is 1. The molecule has 0 aliphatic carbocycles. The Kier molecular flexibility index (Phi) is 6.50. The molecule has 1 fully saturated rings. The molecule has 144 valence electrons. The number of hydrogen-bond donors (Lipinski definition) is 1. The maximum Gasteiger partial charge on any atom is 0.258 e. The first-order valence-electron chi connectivity index (χ1n) is 9.18. The van der Waals surface area contributed by atoms with E-state index in [1.54, 1.807) is 6.07 Å². The van der Waals surface area contributed by atoms with Gasteiger partial charge in [0.15, 0.2) is 0 Å². The van der Waals surface area contributed by atoms with Gasteiger partial charge >= 0.3 is 0 Å². The highest BCUT2D eigenvalue weighted by Crippen LogP contribution is 2.25. The van der Waals surface area contributed by atoms with E-state index in [0.717, 1.165) is 31.2 Å². The number of amides is 1. The summed E-state index contributed by atoms with van der Waals surface area (Å²) >= 11 is 3.27. The van der Waals surface area contributed by atoms with Crippen molar-refractivity contribution in [2.75, 3.05) is 43.9 Å². The van der Waals surface area contributed by atoms with Gasteiger partial charge in [0, 0.05) is 35.5 Å². The van der Waals surface area contributed by atoms with Crippen LogP contribution in [-0.4, -0.2) is 44.5 Å². The molecule has 1 aliphatic rings. The number of benzene rings is 2. The SMILES string of the molecule is CN(C)CC1CCN(c2ccc(NC(=O)c3cc(Br)ccc3F)cc2)CC1. The molecule has 27 heavy (non-hydrogen) atoms. The minimum absolute atomic E-state index is 0.0245. The molecule has 0 spiro atoms. The number of hydrogen-bond acceptors (Lipinski definition) is 3. The Morgan fingerprint density at radius 1 is 1.19 bits per heavy atom. The summed E-state index contributed by atoms with van der Waals surface area (Å²) in [5, 5.41) is 2.76. The molecule has 0 saturated carbocycles. The molecule has 0 aromatic heterocycles. The van der Waals surface area contributed by atoms with Gasteiger partial charge in [-0.25, -0.2) is 4.39 Å². The lowest BCUT2D eigenvalue weighted by molar-refractivity contribution is 0.102. The number of piperidine rings is 1. The van der Waals surface area contributed by atoms with Gasteiger partial charge in [0.25, 0.3) is 5.91 Å². The van der Waals surface area contributed by atoms with Crippen LogP contribution in [0.1, 0.15) is 23.2 Å². The monoisotopic (exact) mass is 433 g/mol. The third-order valence-electron chi connectivity index (χ3n) is 4.90. The Morgan fingerprint density at radius 3 is 2.48 bits per heavy atom. The van der Waals surface area contributed by atoms with Gasteiger partial charge in [0.1, 0.15) is 5.82 Å². The lowest BCUT2D eigenvalue weighted by Gasteiger charge is -2.34. The van der Waals surface area contributed by atoms with Gasteiger partial charge in [0.2, 0.25) is 0 Å². The molecule has 0 bridgehead atoms. The summed E-state index contributed by atoms with van der Waals surface area (Å²) in [6.45, 7) is 3.24. The number of anilines is 2. The van der Waals surface area contributed by atoms with E-state index < -0.39 is 11.7 Å². The lowest BCUT2D eigenvalue weighted by atomic mass is 9.96. The summed E-state index contributed by atoms with van der Waals surface area (Å²) in [5.41, 5.74) is 1.84. The number of rotatable bonds is 5. The van der Waals surface area contributed by atoms with Crippen molar-refractivity contribution >= 4 is 33.2 Å². The molecule has 2 aromatic carbocycles. The molecule has 1 amide bonds. The van der Waals surface area contributed by atoms with E-state index in [9.17, 15) is 9.18 Å². The predicted molar refractivity (Wildman–Crippen MR) is 112 cm³/mol. The normalized spacial score (nSPS) is 15.2. The van der Waals surface area contributed by atoms with Crippen LogP contribution in [0.15, 0.2) is 46.9 Å². The topological polar surface area (TPSA) is 35.6 Å². The Labute approximate surface area is 168 Å². The van der Waals surface area contributed by atoms with E-state index in [2.05, 4.69) is 45.1 Å². The summed E-state index contributed by atoms with van der Waals surface area (Å²) in [6.07, 6.45) is 2.39. The summed E-state index contributed by atoms with van der Waals surface area (Å²) < 4.78 is 14.5. The summed E-state index contributed by atoms with van der Waals surface area (Å²) in [7, 11) is 4.25. The first-order chi connectivity index (χ1) is 12.9. The van der Waals surface area contributed by atoms with E-state index in [0.29, 0.717) is 10.2 Å². The van der Waals surface area contributed by atoms with Crippen molar-refractivity contribution in [1.29, 1.82) is 0 Å². The van der Waals surface area contributed by atoms with E-state index in [-0.39, 0.29) is 5.56 Å². The predicted octanol–water partition coefficient (Wildman–Crippen LogP) is 4.62. The van der Waals surface area contributed by atoms with Crippen molar-refractivity contribution in [1.82, 2.24) is 4.90 Å². The molecule has 6 heteroatoms. The van der Waals surface area contributed by atoms with Crippen LogP contribution in [0.25, 0.3) is 0 Å². The van der Waals surface area contributed by atoms with Crippen molar-refractivity contribution in [3.8, 4) is 0 Å². The van der Waals surface area contributed by atoms with Gasteiger partial charge in [-0.1, -0.05) is 15.9 Å². The van der Waals surface area contributed by atoms with Gasteiger partial charge in [0.05, 0.1) is 5.56 Å². The van der Waals surface area contributed by atoms with E-state index in [1.807, 2.05) is 24.3 Å². The van der Waals surface area contributed by atoms with Gasteiger partial charge in [-0.05, 0) is 75.3 Å². The third kappa shape index (κ3) is 5.30. The van der Waals surface area contributed by atoms with Crippen LogP contribution in [0.2, 0.25) is 0 Å². The number of nitrogens with zero attached hydrogens (tertiary/aromatic N) is 2. The molecular formula is C21H25BrFN3O. The van der Waals surface area contributed by atoms with Crippen LogP contribution < -0.4 is 10.2 Å². The molecule has 1 aliphatic heterocycles. The van der Waals surface area contributed by atoms with Crippen LogP contribution in [0.5, 0.6) is 0 Å². The minimum atomic E-state index is -0.534. The zero-order valence-electron chi connectivity index (χ0n) is 15.7. The quantitative estimate of drug-likeness (QED) is 0.746. The first kappa shape index (κ1) is 19.8. The summed E-state index contributed by atoms with van der Waals surface area (Å²) in [5.74, 6) is -0.228. The molecule has 2 aromatic rings. The molecular weight excluding hydrogens is 409 g/mol. The Bertz CT molecular complexity index is 787. The Hall–Kier alpha value is -1.92. The standard InChI is InChI=1S/C21H25BrFN3O/c1-25(2)14-15-9-11-26(12-10-15)18-6-4-17(5-7-18)24-21(27)19-13-16(22)3-8-20(19)23/h3-8,13,15H,9-12,14H2,1-2H3,(H,24,27). The molecule has 0 radical (unpaired) electrons. The first-order valence-corrected chi connectivity index (χ1v) is 9.98. The molecule has 1 saturated heterocycles. The number of halogens is 2. The van der Waals surface area contributed by atoms with Crippen LogP contribution in [0.4, 0.5) is 15.8 Å². The highest BCUT2D eigenvalue weighted by Gasteiger charge is 2.20. The fourth-order valence-electron chi connectivity index (χ4n) is 3.52. The van der Waals surface area contributed by atoms with Crippen LogP contribution in [-0.2, 0) is 0 Å². The smallest absolute Gasteiger partial charge is 0.258 e. The zero-order chi connectivity index (χ0) is 19.4. The molecule has 4 nitrogen and oxygen atoms in total. The van der Waals surface area contributed by atoms with Crippen molar-refractivity contribution < 1.29 is 9.18 Å². The van der Waals surface area contributed by atoms with E-state index in [4.69, 9.17) is 0 Å². The maximum absolute atomic E-state index is 13.8. The molecule has 1 N–H and O–H groups in total. The zero-order valence-corrected chi connectivity index (χ0v) is 17.3. The highest BCUT2D eigenvalue weighted by atomic mass is 79.9. The summed E-state index contributed by atoms with van der Waals surface area (Å²) in [4.78, 5) is 16.9. The van der Waals surface area contributed by atoms with Crippen molar-refractivity contribution in [2.24, 2.45) is 5.92 Å². The molecule has 3 rings (SSSR count). The van der Waals surface area contributed by atoms with Crippen molar-refractivity contribution in [3.63, 3.8) is 0 Å². The molecule has 0 atom stereocenters. The minimum Gasteiger partial charge on any atom is -0.372 e. The lowest BCUT2D eigenvalue weighted by Crippen LogP contribution is -2.37. The van der Waals surface area contributed by atoms with Gasteiger partial charge in [-0.3, -0.25) is 4.79 Å². The van der Waals surface area contributed by atoms with E-state index >= 15 is 0 Å². The second-order valence-corrected chi connectivity index (χ2v) is 8.23. The van der Waals surface area contributed by atoms with Crippen molar-refractivity contribution in [3.05, 3.63) is 58.3 Å². The average molecular weight is 434 g/mol. The maximum atomic E-state index is 13.8. The van der Waals surface area contributed by atoms with Gasteiger partial charge < -0.3 is 15.1 Å².